The Kier molecular flexibility index (Phi) is 6.29. The molecule has 26 heavy (non-hydrogen) atoms. The fourth-order valence-corrected chi connectivity index (χ4v) is 3.69. The molecule has 1 heterocycles. The van der Waals surface area contributed by atoms with Crippen LogP contribution in [0.15, 0.2) is 54.6 Å². The number of carbonyl (C=O) groups excluding carboxylic acids is 1. The van der Waals surface area contributed by atoms with Gasteiger partial charge in [-0.3, -0.25) is 4.79 Å². The van der Waals surface area contributed by atoms with Crippen molar-refractivity contribution in [1.82, 2.24) is 4.90 Å². The van der Waals surface area contributed by atoms with Gasteiger partial charge in [0.2, 0.25) is 5.91 Å². The van der Waals surface area contributed by atoms with Gasteiger partial charge in [-0.2, -0.15) is 0 Å². The molecule has 0 saturated carbocycles. The summed E-state index contributed by atoms with van der Waals surface area (Å²) in [6, 6.07) is 19.1. The van der Waals surface area contributed by atoms with Crippen LogP contribution in [0.25, 0.3) is 0 Å². The minimum absolute atomic E-state index is 0.0389. The van der Waals surface area contributed by atoms with Gasteiger partial charge in [0.15, 0.2) is 0 Å². The molecule has 0 radical (unpaired) electrons. The minimum Gasteiger partial charge on any atom is -0.380 e. The Morgan fingerprint density at radius 2 is 1.77 bits per heavy atom. The third-order valence-corrected chi connectivity index (χ3v) is 5.13. The highest BCUT2D eigenvalue weighted by atomic mass is 16.1. The molecule has 1 saturated heterocycles. The molecule has 1 fully saturated rings. The summed E-state index contributed by atoms with van der Waals surface area (Å²) in [6.07, 6.45) is 2.22. The first-order valence-electron chi connectivity index (χ1n) is 9.51. The Morgan fingerprint density at radius 3 is 2.46 bits per heavy atom. The van der Waals surface area contributed by atoms with Crippen LogP contribution < -0.4 is 10.6 Å². The highest BCUT2D eigenvalue weighted by Crippen LogP contribution is 2.26. The first-order chi connectivity index (χ1) is 12.6. The molecule has 1 aliphatic rings. The van der Waals surface area contributed by atoms with Gasteiger partial charge in [0, 0.05) is 32.6 Å². The van der Waals surface area contributed by atoms with E-state index in [1.807, 2.05) is 24.3 Å². The second-order valence-electron chi connectivity index (χ2n) is 7.28. The Balaban J connectivity index is 1.54. The van der Waals surface area contributed by atoms with Crippen LogP contribution in [0.4, 0.5) is 11.4 Å². The van der Waals surface area contributed by atoms with Crippen LogP contribution in [0.2, 0.25) is 0 Å². The van der Waals surface area contributed by atoms with Gasteiger partial charge >= 0.3 is 0 Å². The monoisotopic (exact) mass is 351 g/mol. The van der Waals surface area contributed by atoms with Gasteiger partial charge < -0.3 is 15.5 Å². The molecule has 2 N–H and O–H groups in total. The van der Waals surface area contributed by atoms with Crippen LogP contribution in [-0.4, -0.2) is 36.5 Å². The van der Waals surface area contributed by atoms with Crippen LogP contribution in [0, 0.1) is 5.92 Å². The number of piperidine rings is 1. The number of hydrogen-bond donors (Lipinski definition) is 2. The van der Waals surface area contributed by atoms with Gasteiger partial charge in [0.1, 0.15) is 0 Å². The lowest BCUT2D eigenvalue weighted by atomic mass is 9.93. The van der Waals surface area contributed by atoms with Crippen molar-refractivity contribution >= 4 is 17.3 Å². The maximum absolute atomic E-state index is 11.4. The summed E-state index contributed by atoms with van der Waals surface area (Å²) < 4.78 is 0. The standard InChI is InChI=1S/C22H29N3O/c1-17-16-25(14-12-19-8-4-3-5-9-19)15-13-20(17)24-22-11-7-6-10-21(22)23-18(2)26/h3-11,17,20,24H,12-16H2,1-2H3,(H,23,26)/t17-,20-/m1/s1. The topological polar surface area (TPSA) is 44.4 Å². The average Bonchev–Trinajstić information content (AvgIpc) is 2.64. The third-order valence-electron chi connectivity index (χ3n) is 5.13. The number of hydrogen-bond acceptors (Lipinski definition) is 3. The molecule has 0 unspecified atom stereocenters. The lowest BCUT2D eigenvalue weighted by Gasteiger charge is -2.38. The summed E-state index contributed by atoms with van der Waals surface area (Å²) in [5, 5.41) is 6.57. The second-order valence-corrected chi connectivity index (χ2v) is 7.28. The second kappa shape index (κ2) is 8.86. The number of benzene rings is 2. The van der Waals surface area contributed by atoms with Gasteiger partial charge in [-0.15, -0.1) is 0 Å². The predicted octanol–water partition coefficient (Wildman–Crippen LogP) is 4.01. The normalized spacial score (nSPS) is 20.5. The number of amides is 1. The zero-order chi connectivity index (χ0) is 18.4. The van der Waals surface area contributed by atoms with E-state index in [4.69, 9.17) is 0 Å². The van der Waals surface area contributed by atoms with Crippen LogP contribution in [-0.2, 0) is 11.2 Å². The molecule has 2 aromatic carbocycles. The van der Waals surface area contributed by atoms with Gasteiger partial charge in [-0.1, -0.05) is 49.4 Å². The number of likely N-dealkylation sites (tertiary alicyclic amines) is 1. The number of anilines is 2. The molecule has 138 valence electrons. The molecular formula is C22H29N3O. The van der Waals surface area contributed by atoms with Crippen molar-refractivity contribution in [2.45, 2.75) is 32.7 Å². The predicted molar refractivity (Wildman–Crippen MR) is 109 cm³/mol. The van der Waals surface area contributed by atoms with Crippen LogP contribution in [0.3, 0.4) is 0 Å². The lowest BCUT2D eigenvalue weighted by molar-refractivity contribution is -0.114. The van der Waals surface area contributed by atoms with Crippen molar-refractivity contribution in [3.05, 3.63) is 60.2 Å². The Bertz CT molecular complexity index is 716. The number of nitrogens with one attached hydrogen (secondary N) is 2. The van der Waals surface area contributed by atoms with Crippen LogP contribution in [0.5, 0.6) is 0 Å². The smallest absolute Gasteiger partial charge is 0.221 e. The average molecular weight is 351 g/mol. The van der Waals surface area contributed by atoms with Crippen LogP contribution in [0.1, 0.15) is 25.8 Å². The summed E-state index contributed by atoms with van der Waals surface area (Å²) >= 11 is 0. The number of carbonyl (C=O) groups is 1. The lowest BCUT2D eigenvalue weighted by Crippen LogP contribution is -2.45. The van der Waals surface area contributed by atoms with Gasteiger partial charge in [0.25, 0.3) is 0 Å². The summed E-state index contributed by atoms with van der Waals surface area (Å²) in [7, 11) is 0. The molecule has 1 amide bonds. The van der Waals surface area contributed by atoms with Crippen molar-refractivity contribution in [3.63, 3.8) is 0 Å². The molecule has 0 aromatic heterocycles. The SMILES string of the molecule is CC(=O)Nc1ccccc1N[C@@H]1CCN(CCc2ccccc2)C[C@H]1C. The zero-order valence-electron chi connectivity index (χ0n) is 15.7. The van der Waals surface area contributed by atoms with E-state index in [1.165, 1.54) is 5.56 Å². The van der Waals surface area contributed by atoms with E-state index in [0.29, 0.717) is 12.0 Å². The fraction of sp³-hybridized carbons (Fsp3) is 0.409. The van der Waals surface area contributed by atoms with Crippen molar-refractivity contribution in [2.24, 2.45) is 5.92 Å². The fourth-order valence-electron chi connectivity index (χ4n) is 3.69. The first-order valence-corrected chi connectivity index (χ1v) is 9.51. The molecule has 0 spiro atoms. The van der Waals surface area contributed by atoms with Crippen molar-refractivity contribution in [2.75, 3.05) is 30.3 Å². The quantitative estimate of drug-likeness (QED) is 0.826. The molecule has 4 heteroatoms. The van der Waals surface area contributed by atoms with Crippen molar-refractivity contribution < 1.29 is 4.79 Å². The maximum atomic E-state index is 11.4. The molecule has 2 aromatic rings. The van der Waals surface area contributed by atoms with Crippen molar-refractivity contribution in [1.29, 1.82) is 0 Å². The highest BCUT2D eigenvalue weighted by Gasteiger charge is 2.26. The van der Waals surface area contributed by atoms with Gasteiger partial charge in [0.05, 0.1) is 11.4 Å². The molecule has 2 atom stereocenters. The van der Waals surface area contributed by atoms with Gasteiger partial charge in [-0.25, -0.2) is 0 Å². The van der Waals surface area contributed by atoms with Crippen LogP contribution >= 0.6 is 0 Å². The number of nitrogens with zero attached hydrogens (tertiary/aromatic N) is 1. The van der Waals surface area contributed by atoms with E-state index >= 15 is 0 Å². The van der Waals surface area contributed by atoms with E-state index in [0.717, 1.165) is 43.9 Å². The Hall–Kier alpha value is -2.33. The largest absolute Gasteiger partial charge is 0.380 e. The molecule has 1 aliphatic heterocycles. The summed E-state index contributed by atoms with van der Waals surface area (Å²) in [5.41, 5.74) is 3.28. The maximum Gasteiger partial charge on any atom is 0.221 e. The van der Waals surface area contributed by atoms with E-state index in [-0.39, 0.29) is 5.91 Å². The zero-order valence-corrected chi connectivity index (χ0v) is 15.7. The number of para-hydroxylation sites is 2. The number of rotatable bonds is 6. The van der Waals surface area contributed by atoms with E-state index in [2.05, 4.69) is 52.8 Å². The van der Waals surface area contributed by atoms with E-state index < -0.39 is 0 Å². The van der Waals surface area contributed by atoms with Crippen molar-refractivity contribution in [3.8, 4) is 0 Å². The minimum atomic E-state index is -0.0389. The molecule has 0 aliphatic carbocycles. The van der Waals surface area contributed by atoms with Gasteiger partial charge in [-0.05, 0) is 36.5 Å². The Morgan fingerprint density at radius 1 is 1.08 bits per heavy atom. The molecule has 4 nitrogen and oxygen atoms in total. The molecular weight excluding hydrogens is 322 g/mol. The summed E-state index contributed by atoms with van der Waals surface area (Å²) in [4.78, 5) is 14.0. The van der Waals surface area contributed by atoms with E-state index in [9.17, 15) is 4.79 Å². The molecule has 0 bridgehead atoms. The first kappa shape index (κ1) is 18.5. The molecule has 3 rings (SSSR count). The highest BCUT2D eigenvalue weighted by molar-refractivity contribution is 5.92. The third kappa shape index (κ3) is 5.09. The van der Waals surface area contributed by atoms with E-state index in [1.54, 1.807) is 6.92 Å². The summed E-state index contributed by atoms with van der Waals surface area (Å²) in [6.45, 7) is 7.19. The summed E-state index contributed by atoms with van der Waals surface area (Å²) in [5.74, 6) is 0.521. The Labute approximate surface area is 156 Å².